The number of esters is 2. The quantitative estimate of drug-likeness (QED) is 0.0216. The first-order chi connectivity index (χ1) is 60.0. The molecule has 0 bridgehead atoms. The number of primary amides is 1. The molecule has 3 atom stereocenters. The third-order valence-electron chi connectivity index (χ3n) is 14.0. The standard InChI is InChI=1S/2C14H13N3O3.C9H7NO2.C8H7NO3.C8H5NO2.C7H7NO2.C5H8N2O2.C4H6O3.CH3F.5CH3NO2.CH5N.ClH.4H2O.Pd.H2/c2*1-8-15-10-5-3-2-4-9(10)14(20)17(8)11-6-7-12(18)16-13(11)19;1-6-10-8-5-3-2-4-7(8)9(11)12-6;9-7(10)5-3-1-2-4-6(5)8(11)12;10-7-5-3-1-2-4-6(5)8(11)9-7;8-6-4-2-1-3-5(6)7(9)10;6-3-1-2-4(8)7-5(3)9;1-3(5)7-4(2)6;1-2;5*1-2(3)4;1-2;;;;;;;/h2*2-5,11H,6-7H2,1H3,(H,16,18,19);2-5H,1H3;1-4H,(H2,9,10)(H,11,12);1-4H,(H,9,10,11);1-4H,8H2,(H,9,10);3H,1-2,6H2,(H,7,8,9);1-2H3;1H3;5*1H3;2H2,1H3;1H;4*1H2;;1H/t2*11-;;;;;3-;;;;;;;;;;;;;;;/m00....0.............../s1/i2*11D;;;;;3D;;1D;;;;;;;;;;;;;. The Labute approximate surface area is 766 Å². The Morgan fingerprint density at radius 3 is 1.06 bits per heavy atom. The maximum Gasteiger partial charge on any atom is 0.346 e. The van der Waals surface area contributed by atoms with E-state index in [-0.39, 0.29) is 146 Å². The molecule has 9 aromatic rings. The van der Waals surface area contributed by atoms with Crippen LogP contribution in [0.25, 0.3) is 32.7 Å². The van der Waals surface area contributed by atoms with Gasteiger partial charge < -0.3 is 64.2 Å². The van der Waals surface area contributed by atoms with Crippen molar-refractivity contribution >= 4 is 128 Å². The van der Waals surface area contributed by atoms with Crippen LogP contribution in [0.5, 0.6) is 0 Å². The van der Waals surface area contributed by atoms with Crippen molar-refractivity contribution in [1.82, 2.24) is 45.4 Å². The molecule has 3 fully saturated rings. The fourth-order valence-electron chi connectivity index (χ4n) is 9.42. The van der Waals surface area contributed by atoms with E-state index in [0.29, 0.717) is 55.4 Å². The Kier molecular flexibility index (Phi) is 63.6. The van der Waals surface area contributed by atoms with Crippen LogP contribution in [0, 0.1) is 71.3 Å². The number of carboxylic acid groups (broad SMARTS) is 2. The van der Waals surface area contributed by atoms with Gasteiger partial charge in [0.25, 0.3) is 22.9 Å². The van der Waals surface area contributed by atoms with Crippen molar-refractivity contribution in [2.24, 2.45) is 17.2 Å². The number of amides is 9. The summed E-state index contributed by atoms with van der Waals surface area (Å²) < 4.78 is 50.3. The first kappa shape index (κ1) is 122. The number of nitrogens with one attached hydrogen (secondary N) is 4. The van der Waals surface area contributed by atoms with Gasteiger partial charge in [0.05, 0.1) is 79.2 Å². The average Bonchev–Trinajstić information content (AvgIpc) is 0.857. The second-order valence-corrected chi connectivity index (χ2v) is 23.4. The zero-order valence-electron chi connectivity index (χ0n) is 75.0. The zero-order valence-corrected chi connectivity index (χ0v) is 73.4. The Morgan fingerprint density at radius 1 is 0.496 bits per heavy atom. The number of aryl methyl sites for hydroxylation is 3. The minimum atomic E-state index is -1.84. The number of nitrogen functional groups attached to an aromatic ring is 1. The molecule has 0 unspecified atom stereocenters. The van der Waals surface area contributed by atoms with E-state index in [1.807, 2.05) is 11.4 Å². The molecule has 3 saturated heterocycles. The summed E-state index contributed by atoms with van der Waals surface area (Å²) >= 11 is 0. The van der Waals surface area contributed by atoms with Gasteiger partial charge in [0, 0.05) is 92.2 Å². The summed E-state index contributed by atoms with van der Waals surface area (Å²) in [6.07, 6.45) is 0.224. The van der Waals surface area contributed by atoms with Crippen LogP contribution in [0.4, 0.5) is 10.1 Å². The largest absolute Gasteiger partial charge is 0.478 e. The van der Waals surface area contributed by atoms with Crippen molar-refractivity contribution in [3.05, 3.63) is 273 Å². The van der Waals surface area contributed by atoms with Gasteiger partial charge in [-0.05, 0) is 113 Å². The summed E-state index contributed by atoms with van der Waals surface area (Å²) in [5.74, 6) is -7.13. The number of aromatic carboxylic acids is 2. The number of nitrogens with zero attached hydrogens (tertiary/aromatic N) is 10. The summed E-state index contributed by atoms with van der Waals surface area (Å²) in [6.45, 7) is 7.18. The SMILES string of the molecule is CC(=O)OC(C)=O.CN.C[N+](=O)[O-].C[N+](=O)[O-].C[N+](=O)[O-].C[N+](=O)[O-].C[N+](=O)[O-].Cc1nc2ccccc2c(=O)o1.Cl.NC(=O)c1ccccc1C(=O)O.Nc1ccccc1C(=O)O.O.O.O.O.O=C1NC(=O)c2ccccc21.[2H]CF.[2H][C@]1(N)CCC(=O)NC1=O.[2H][C@]1(n2c(C)nc3ccccc3c2=O)CCC(=O)NC1=O.[2H][C@]1(n2c(C)nc3ccccc3c2=O)CCC(=O)NC1=O.[HH].[Pd]. The van der Waals surface area contributed by atoms with Crippen molar-refractivity contribution in [2.45, 2.75) is 91.2 Å². The van der Waals surface area contributed by atoms with Gasteiger partial charge in [-0.2, -0.15) is 0 Å². The molecule has 4 aliphatic heterocycles. The molecule has 0 saturated carbocycles. The number of benzene rings is 6. The topological polar surface area (TPSA) is 878 Å². The fraction of sp³-hybridized carbons (Fsp3) is 0.276. The van der Waals surface area contributed by atoms with Gasteiger partial charge in [0.1, 0.15) is 23.7 Å². The van der Waals surface area contributed by atoms with Crippen molar-refractivity contribution in [1.29, 1.82) is 0 Å². The van der Waals surface area contributed by atoms with Crippen LogP contribution in [0.3, 0.4) is 0 Å². The fourth-order valence-corrected chi connectivity index (χ4v) is 9.42. The molecule has 0 spiro atoms. The molecule has 7 heterocycles. The third kappa shape index (κ3) is 50.3. The number of imide groups is 4. The molecule has 9 amide bonds. The van der Waals surface area contributed by atoms with Crippen molar-refractivity contribution in [3.63, 3.8) is 0 Å². The Bertz CT molecular complexity index is 5510. The molecular formula is C76H100ClFN18O34Pd. The summed E-state index contributed by atoms with van der Waals surface area (Å²) in [5, 5.41) is 70.8. The summed E-state index contributed by atoms with van der Waals surface area (Å²) in [5.41, 5.74) is 21.9. The molecule has 4 aliphatic rings. The van der Waals surface area contributed by atoms with Crippen molar-refractivity contribution < 1.29 is 160 Å². The van der Waals surface area contributed by atoms with Crippen LogP contribution in [0.1, 0.15) is 141 Å². The van der Waals surface area contributed by atoms with Gasteiger partial charge in [0.2, 0.25) is 41.4 Å². The van der Waals surface area contributed by atoms with E-state index in [9.17, 15) is 81.1 Å². The van der Waals surface area contributed by atoms with Crippen molar-refractivity contribution in [2.75, 3.05) is 55.2 Å². The number of piperidine rings is 3. The van der Waals surface area contributed by atoms with Crippen LogP contribution >= 0.6 is 12.4 Å². The second-order valence-electron chi connectivity index (χ2n) is 23.4. The first-order valence-electron chi connectivity index (χ1n) is 37.0. The minimum Gasteiger partial charge on any atom is -0.478 e. The molecule has 0 radical (unpaired) electrons. The number of fused-ring (bicyclic) bond motifs is 4. The van der Waals surface area contributed by atoms with E-state index in [2.05, 4.69) is 41.4 Å². The van der Waals surface area contributed by atoms with Crippen LogP contribution < -0.4 is 60.9 Å². The Hall–Kier alpha value is -15.7. The molecule has 6 aromatic carbocycles. The maximum atomic E-state index is 12.6. The smallest absolute Gasteiger partial charge is 0.346 e. The first-order valence-corrected chi connectivity index (χ1v) is 34.8. The van der Waals surface area contributed by atoms with Gasteiger partial charge in [-0.1, -0.05) is 72.8 Å². The summed E-state index contributed by atoms with van der Waals surface area (Å²) in [4.78, 5) is 231. The van der Waals surface area contributed by atoms with Gasteiger partial charge in [-0.3, -0.25) is 148 Å². The number of carboxylic acids is 2. The van der Waals surface area contributed by atoms with Gasteiger partial charge in [0.15, 0.2) is 41.1 Å². The van der Waals surface area contributed by atoms with E-state index in [1.54, 1.807) is 136 Å². The van der Waals surface area contributed by atoms with Crippen molar-refractivity contribution in [3.8, 4) is 0 Å². The number of hydrogen-bond donors (Lipinski definition) is 10. The number of hydrogen-bond acceptors (Lipinski definition) is 34. The number of nitrogens with two attached hydrogens (primary N) is 4. The molecular weight excluding hydrogens is 1870 g/mol. The number of rotatable bonds is 5. The van der Waals surface area contributed by atoms with Crippen LogP contribution in [-0.2, 0) is 63.5 Å². The normalized spacial score (nSPS) is 15.1. The maximum absolute atomic E-state index is 12.6. The van der Waals surface area contributed by atoms with E-state index in [0.717, 1.165) is 44.4 Å². The monoisotopic (exact) mass is 1970 g/mol. The van der Waals surface area contributed by atoms with Crippen LogP contribution in [-0.4, -0.2) is 213 Å². The molecule has 52 nitrogen and oxygen atoms in total. The number of carbonyl (C=O) groups is 13. The summed E-state index contributed by atoms with van der Waals surface area (Å²) in [7, 11) is 4.94. The second kappa shape index (κ2) is 68.5. The number of aromatic nitrogens is 5. The van der Waals surface area contributed by atoms with E-state index in [1.165, 1.54) is 45.2 Å². The van der Waals surface area contributed by atoms with E-state index >= 15 is 0 Å². The molecule has 3 aromatic heterocycles. The summed E-state index contributed by atoms with van der Waals surface area (Å²) in [6, 6.07) is 34.3. The Morgan fingerprint density at radius 2 is 0.779 bits per heavy atom. The molecule has 22 N–H and O–H groups in total. The predicted octanol–water partition coefficient (Wildman–Crippen LogP) is 0.720. The van der Waals surface area contributed by atoms with Crippen LogP contribution in [0.2, 0.25) is 0 Å². The third-order valence-corrected chi connectivity index (χ3v) is 14.0. The average molecular weight is 1970 g/mol. The van der Waals surface area contributed by atoms with Gasteiger partial charge in [-0.15, -0.1) is 12.4 Å². The number of nitro groups is 5. The molecule has 722 valence electrons. The molecule has 0 aliphatic carbocycles. The number of para-hydroxylation sites is 4. The molecule has 131 heavy (non-hydrogen) atoms. The molecule has 55 heteroatoms. The number of ether oxygens (including phenoxy) is 1. The van der Waals surface area contributed by atoms with Crippen LogP contribution in [0.15, 0.2) is 164 Å². The Balaban J connectivity index is -0.000000189. The molecule has 13 rings (SSSR count). The number of halogens is 2. The number of carbonyl (C=O) groups excluding carboxylic acids is 11. The zero-order chi connectivity index (χ0) is 99.7. The van der Waals surface area contributed by atoms with Gasteiger partial charge in [-0.25, -0.2) is 29.3 Å². The van der Waals surface area contributed by atoms with E-state index < -0.39 is 120 Å². The number of alkyl halides is 1. The number of anilines is 1. The van der Waals surface area contributed by atoms with Gasteiger partial charge >= 0.3 is 29.5 Å². The minimum absolute atomic E-state index is 0. The van der Waals surface area contributed by atoms with E-state index in [4.69, 9.17) is 87.9 Å². The predicted molar refractivity (Wildman–Crippen MR) is 466 cm³/mol.